The number of carbonyl (C=O) groups is 1. The lowest BCUT2D eigenvalue weighted by atomic mass is 10.2. The number of benzene rings is 1. The van der Waals surface area contributed by atoms with Crippen molar-refractivity contribution in [1.82, 2.24) is 0 Å². The van der Waals surface area contributed by atoms with Crippen molar-refractivity contribution in [2.24, 2.45) is 0 Å². The monoisotopic (exact) mass is 334 g/mol. The SMILES string of the molecule is N#CC(C#N)=C(C#N)Nc1ccc(OCc2ccc(C(=O)O)o2)cc1. The Bertz CT molecular complexity index is 921. The predicted molar refractivity (Wildman–Crippen MR) is 83.9 cm³/mol. The third-order valence-electron chi connectivity index (χ3n) is 2.96. The van der Waals surface area contributed by atoms with Crippen LogP contribution in [0.15, 0.2) is 52.1 Å². The molecule has 2 rings (SSSR count). The van der Waals surface area contributed by atoms with Gasteiger partial charge >= 0.3 is 5.97 Å². The molecule has 0 spiro atoms. The number of nitrogens with one attached hydrogen (secondary N) is 1. The average molecular weight is 334 g/mol. The van der Waals surface area contributed by atoms with E-state index in [0.717, 1.165) is 0 Å². The van der Waals surface area contributed by atoms with Gasteiger partial charge in [-0.2, -0.15) is 15.8 Å². The lowest BCUT2D eigenvalue weighted by Gasteiger charge is -2.07. The highest BCUT2D eigenvalue weighted by Gasteiger charge is 2.09. The molecule has 0 atom stereocenters. The summed E-state index contributed by atoms with van der Waals surface area (Å²) in [5, 5.41) is 38.0. The van der Waals surface area contributed by atoms with Gasteiger partial charge in [-0.15, -0.1) is 0 Å². The van der Waals surface area contributed by atoms with Gasteiger partial charge in [0, 0.05) is 5.69 Å². The quantitative estimate of drug-likeness (QED) is 0.767. The normalized spacial score (nSPS) is 9.16. The third-order valence-corrected chi connectivity index (χ3v) is 2.96. The number of ether oxygens (including phenoxy) is 1. The molecule has 2 N–H and O–H groups in total. The molecule has 2 aromatic rings. The second kappa shape index (κ2) is 7.87. The van der Waals surface area contributed by atoms with Gasteiger partial charge in [0.25, 0.3) is 0 Å². The maximum atomic E-state index is 10.7. The van der Waals surface area contributed by atoms with Crippen molar-refractivity contribution < 1.29 is 19.1 Å². The van der Waals surface area contributed by atoms with Crippen LogP contribution >= 0.6 is 0 Å². The molecule has 0 fully saturated rings. The molecular weight excluding hydrogens is 324 g/mol. The fraction of sp³-hybridized carbons (Fsp3) is 0.0588. The average Bonchev–Trinajstić information content (AvgIpc) is 3.10. The van der Waals surface area contributed by atoms with Gasteiger partial charge in [-0.25, -0.2) is 4.79 Å². The van der Waals surface area contributed by atoms with Gasteiger partial charge in [0.15, 0.2) is 5.57 Å². The van der Waals surface area contributed by atoms with Crippen molar-refractivity contribution in [2.45, 2.75) is 6.61 Å². The summed E-state index contributed by atoms with van der Waals surface area (Å²) in [7, 11) is 0. The van der Waals surface area contributed by atoms with Crippen LogP contribution in [0.3, 0.4) is 0 Å². The first kappa shape index (κ1) is 17.1. The smallest absolute Gasteiger partial charge is 0.371 e. The van der Waals surface area contributed by atoms with E-state index < -0.39 is 5.97 Å². The van der Waals surface area contributed by atoms with E-state index in [2.05, 4.69) is 5.32 Å². The van der Waals surface area contributed by atoms with E-state index in [1.165, 1.54) is 12.1 Å². The van der Waals surface area contributed by atoms with E-state index in [1.807, 2.05) is 0 Å². The van der Waals surface area contributed by atoms with Gasteiger partial charge in [-0.1, -0.05) is 0 Å². The molecule has 25 heavy (non-hydrogen) atoms. The summed E-state index contributed by atoms with van der Waals surface area (Å²) in [6, 6.07) is 14.3. The Morgan fingerprint density at radius 1 is 1.08 bits per heavy atom. The maximum Gasteiger partial charge on any atom is 0.371 e. The van der Waals surface area contributed by atoms with Crippen LogP contribution in [0.4, 0.5) is 5.69 Å². The summed E-state index contributed by atoms with van der Waals surface area (Å²) in [6.45, 7) is 0.0520. The topological polar surface area (TPSA) is 143 Å². The Kier molecular flexibility index (Phi) is 5.39. The number of nitrogens with zero attached hydrogens (tertiary/aromatic N) is 3. The maximum absolute atomic E-state index is 10.7. The van der Waals surface area contributed by atoms with E-state index in [-0.39, 0.29) is 23.6 Å². The Morgan fingerprint density at radius 3 is 2.28 bits per heavy atom. The minimum Gasteiger partial charge on any atom is -0.486 e. The highest BCUT2D eigenvalue weighted by atomic mass is 16.5. The molecule has 1 heterocycles. The van der Waals surface area contributed by atoms with E-state index in [0.29, 0.717) is 17.2 Å². The summed E-state index contributed by atoms with van der Waals surface area (Å²) in [6.07, 6.45) is 0. The second-order valence-electron chi connectivity index (χ2n) is 4.59. The molecule has 0 aliphatic rings. The molecule has 8 heteroatoms. The minimum atomic E-state index is -1.16. The first-order valence-corrected chi connectivity index (χ1v) is 6.84. The van der Waals surface area contributed by atoms with Crippen molar-refractivity contribution in [1.29, 1.82) is 15.8 Å². The first-order chi connectivity index (χ1) is 12.1. The summed E-state index contributed by atoms with van der Waals surface area (Å²) in [5.74, 6) is -0.471. The molecular formula is C17H10N4O4. The zero-order chi connectivity index (χ0) is 18.2. The molecule has 0 radical (unpaired) electrons. The van der Waals surface area contributed by atoms with Crippen molar-refractivity contribution in [2.75, 3.05) is 5.32 Å². The lowest BCUT2D eigenvalue weighted by Crippen LogP contribution is -2.00. The molecule has 122 valence electrons. The summed E-state index contributed by atoms with van der Waals surface area (Å²) in [4.78, 5) is 10.7. The number of allylic oxidation sites excluding steroid dienone is 2. The van der Waals surface area contributed by atoms with Crippen LogP contribution < -0.4 is 10.1 Å². The molecule has 0 unspecified atom stereocenters. The standard InChI is InChI=1S/C17H10N4O4/c18-7-11(8-19)15(9-20)21-12-1-3-13(4-2-12)24-10-14-5-6-16(25-14)17(22)23/h1-6,21H,10H2,(H,22,23). The van der Waals surface area contributed by atoms with Crippen LogP contribution in [-0.2, 0) is 6.61 Å². The van der Waals surface area contributed by atoms with Crippen LogP contribution in [0.25, 0.3) is 0 Å². The van der Waals surface area contributed by atoms with Crippen molar-refractivity contribution in [3.8, 4) is 24.0 Å². The van der Waals surface area contributed by atoms with Crippen LogP contribution in [0.5, 0.6) is 5.75 Å². The predicted octanol–water partition coefficient (Wildman–Crippen LogP) is 2.79. The summed E-state index contributed by atoms with van der Waals surface area (Å²) < 4.78 is 10.5. The molecule has 1 aromatic heterocycles. The zero-order valence-electron chi connectivity index (χ0n) is 12.7. The summed E-state index contributed by atoms with van der Waals surface area (Å²) >= 11 is 0. The number of rotatable bonds is 6. The number of furan rings is 1. The van der Waals surface area contributed by atoms with Crippen LogP contribution in [0.2, 0.25) is 0 Å². The highest BCUT2D eigenvalue weighted by molar-refractivity contribution is 5.84. The number of nitriles is 3. The van der Waals surface area contributed by atoms with Gasteiger partial charge in [0.2, 0.25) is 5.76 Å². The number of anilines is 1. The lowest BCUT2D eigenvalue weighted by molar-refractivity contribution is 0.0658. The largest absolute Gasteiger partial charge is 0.486 e. The molecule has 8 nitrogen and oxygen atoms in total. The minimum absolute atomic E-state index is 0.0520. The van der Waals surface area contributed by atoms with E-state index >= 15 is 0 Å². The van der Waals surface area contributed by atoms with Crippen LogP contribution in [0, 0.1) is 34.0 Å². The summed E-state index contributed by atoms with van der Waals surface area (Å²) in [5.41, 5.74) is 0.0448. The van der Waals surface area contributed by atoms with Crippen molar-refractivity contribution >= 4 is 11.7 Å². The highest BCUT2D eigenvalue weighted by Crippen LogP contribution is 2.19. The Labute approximate surface area is 142 Å². The second-order valence-corrected chi connectivity index (χ2v) is 4.59. The first-order valence-electron chi connectivity index (χ1n) is 6.84. The van der Waals surface area contributed by atoms with Gasteiger partial charge in [0.05, 0.1) is 0 Å². The third kappa shape index (κ3) is 4.38. The Morgan fingerprint density at radius 2 is 1.76 bits per heavy atom. The number of carboxylic acids is 1. The number of hydrogen-bond acceptors (Lipinski definition) is 7. The molecule has 1 aromatic carbocycles. The van der Waals surface area contributed by atoms with Crippen LogP contribution in [-0.4, -0.2) is 11.1 Å². The van der Waals surface area contributed by atoms with E-state index in [1.54, 1.807) is 42.5 Å². The van der Waals surface area contributed by atoms with Crippen molar-refractivity contribution in [3.05, 3.63) is 59.2 Å². The van der Waals surface area contributed by atoms with Crippen LogP contribution in [0.1, 0.15) is 16.3 Å². The van der Waals surface area contributed by atoms with E-state index in [9.17, 15) is 4.79 Å². The Balaban J connectivity index is 2.01. The number of carboxylic acid groups (broad SMARTS) is 1. The molecule has 0 saturated carbocycles. The fourth-order valence-corrected chi connectivity index (χ4v) is 1.79. The van der Waals surface area contributed by atoms with Gasteiger partial charge in [-0.05, 0) is 36.4 Å². The molecule has 0 aliphatic heterocycles. The number of hydrogen-bond donors (Lipinski definition) is 2. The zero-order valence-corrected chi connectivity index (χ0v) is 12.7. The number of aromatic carboxylic acids is 1. The van der Waals surface area contributed by atoms with Crippen molar-refractivity contribution in [3.63, 3.8) is 0 Å². The van der Waals surface area contributed by atoms with Gasteiger partial charge in [-0.3, -0.25) is 0 Å². The molecule has 0 amide bonds. The van der Waals surface area contributed by atoms with Gasteiger partial charge in [0.1, 0.15) is 42.0 Å². The Hall–Kier alpha value is -4.22. The van der Waals surface area contributed by atoms with Gasteiger partial charge < -0.3 is 19.6 Å². The van der Waals surface area contributed by atoms with E-state index in [4.69, 9.17) is 30.0 Å². The molecule has 0 aliphatic carbocycles. The molecule has 0 bridgehead atoms. The fourth-order valence-electron chi connectivity index (χ4n) is 1.79. The molecule has 0 saturated heterocycles.